The van der Waals surface area contributed by atoms with Gasteiger partial charge in [-0.25, -0.2) is 8.96 Å². The fourth-order valence-electron chi connectivity index (χ4n) is 6.62. The van der Waals surface area contributed by atoms with Crippen LogP contribution in [0.5, 0.6) is 0 Å². The average molecular weight is 527 g/mol. The van der Waals surface area contributed by atoms with Gasteiger partial charge in [-0.05, 0) is 70.0 Å². The standard InChI is InChI=1S/C37H33FNO/c1-21(2)23-17-18-39(6)32(20-23)33-22(3)11-13-27-28-15-16-31(38)34(36(28)40-35(27)33)24-12-14-26-25-9-7-8-10-29(25)37(4,5)30(26)19-24/h7-21H,1-6H3/q+1. The predicted octanol–water partition coefficient (Wildman–Crippen LogP) is 9.62. The van der Waals surface area contributed by atoms with Gasteiger partial charge in [-0.2, -0.15) is 0 Å². The molecule has 0 atom stereocenters. The third-order valence-electron chi connectivity index (χ3n) is 8.94. The number of aryl methyl sites for hydroxylation is 2. The fraction of sp³-hybridized carbons (Fsp3) is 0.216. The van der Waals surface area contributed by atoms with Gasteiger partial charge >= 0.3 is 0 Å². The number of nitrogens with zero attached hydrogens (tertiary/aromatic N) is 1. The Morgan fingerprint density at radius 3 is 2.25 bits per heavy atom. The summed E-state index contributed by atoms with van der Waals surface area (Å²) in [5.74, 6) is 0.136. The maximum Gasteiger partial charge on any atom is 0.216 e. The van der Waals surface area contributed by atoms with Crippen molar-refractivity contribution >= 4 is 21.9 Å². The largest absolute Gasteiger partial charge is 0.454 e. The van der Waals surface area contributed by atoms with Gasteiger partial charge in [0, 0.05) is 28.3 Å². The molecule has 3 heteroatoms. The lowest BCUT2D eigenvalue weighted by Gasteiger charge is -2.22. The van der Waals surface area contributed by atoms with Crippen LogP contribution < -0.4 is 4.57 Å². The van der Waals surface area contributed by atoms with Gasteiger partial charge < -0.3 is 4.42 Å². The summed E-state index contributed by atoms with van der Waals surface area (Å²) >= 11 is 0. The molecule has 0 amide bonds. The topological polar surface area (TPSA) is 17.0 Å². The Hall–Kier alpha value is -4.24. The molecule has 0 saturated carbocycles. The lowest BCUT2D eigenvalue weighted by Crippen LogP contribution is -2.31. The van der Waals surface area contributed by atoms with E-state index in [1.54, 1.807) is 6.07 Å². The number of halogens is 1. The van der Waals surface area contributed by atoms with E-state index in [9.17, 15) is 0 Å². The molecule has 0 N–H and O–H groups in total. The Labute approximate surface area is 234 Å². The molecule has 1 aliphatic carbocycles. The first-order valence-electron chi connectivity index (χ1n) is 14.1. The molecule has 0 radical (unpaired) electrons. The van der Waals surface area contributed by atoms with E-state index in [0.717, 1.165) is 38.7 Å². The van der Waals surface area contributed by atoms with Crippen molar-refractivity contribution in [2.24, 2.45) is 7.05 Å². The van der Waals surface area contributed by atoms with Crippen molar-refractivity contribution in [2.75, 3.05) is 0 Å². The molecule has 0 saturated heterocycles. The molecule has 2 aromatic heterocycles. The summed E-state index contributed by atoms with van der Waals surface area (Å²) in [5.41, 5.74) is 12.1. The molecule has 0 fully saturated rings. The van der Waals surface area contributed by atoms with Gasteiger partial charge in [-0.15, -0.1) is 0 Å². The Kier molecular flexibility index (Phi) is 5.34. The van der Waals surface area contributed by atoms with Crippen LogP contribution in [-0.2, 0) is 12.5 Å². The molecule has 198 valence electrons. The Balaban J connectivity index is 1.49. The second kappa shape index (κ2) is 8.63. The van der Waals surface area contributed by atoms with Gasteiger partial charge in [0.1, 0.15) is 24.0 Å². The smallest absolute Gasteiger partial charge is 0.216 e. The van der Waals surface area contributed by atoms with Crippen molar-refractivity contribution in [3.63, 3.8) is 0 Å². The molecule has 7 rings (SSSR count). The highest BCUT2D eigenvalue weighted by Crippen LogP contribution is 2.50. The predicted molar refractivity (Wildman–Crippen MR) is 162 cm³/mol. The highest BCUT2D eigenvalue weighted by molar-refractivity contribution is 6.13. The summed E-state index contributed by atoms with van der Waals surface area (Å²) < 4.78 is 24.6. The van der Waals surface area contributed by atoms with Crippen LogP contribution in [0.2, 0.25) is 0 Å². The van der Waals surface area contributed by atoms with Crippen molar-refractivity contribution in [1.29, 1.82) is 0 Å². The minimum atomic E-state index is -0.273. The fourth-order valence-corrected chi connectivity index (χ4v) is 6.62. The van der Waals surface area contributed by atoms with Crippen LogP contribution in [0.25, 0.3) is 55.4 Å². The molecule has 2 heterocycles. The van der Waals surface area contributed by atoms with Crippen molar-refractivity contribution in [3.05, 3.63) is 113 Å². The molecule has 0 bridgehead atoms. The number of hydrogen-bond donors (Lipinski definition) is 0. The lowest BCUT2D eigenvalue weighted by molar-refractivity contribution is -0.660. The zero-order valence-electron chi connectivity index (χ0n) is 23.9. The average Bonchev–Trinajstić information content (AvgIpc) is 3.41. The third kappa shape index (κ3) is 3.43. The van der Waals surface area contributed by atoms with Gasteiger partial charge in [0.2, 0.25) is 5.69 Å². The molecular weight excluding hydrogens is 493 g/mol. The summed E-state index contributed by atoms with van der Waals surface area (Å²) in [6.45, 7) is 11.0. The summed E-state index contributed by atoms with van der Waals surface area (Å²) in [5, 5.41) is 1.93. The summed E-state index contributed by atoms with van der Waals surface area (Å²) in [4.78, 5) is 0. The third-order valence-corrected chi connectivity index (χ3v) is 8.94. The van der Waals surface area contributed by atoms with Crippen molar-refractivity contribution < 1.29 is 13.4 Å². The molecule has 1 aliphatic rings. The number of aromatic nitrogens is 1. The summed E-state index contributed by atoms with van der Waals surface area (Å²) in [7, 11) is 2.07. The van der Waals surface area contributed by atoms with Gasteiger partial charge in [-0.1, -0.05) is 76.2 Å². The summed E-state index contributed by atoms with van der Waals surface area (Å²) in [6, 6.07) is 27.0. The number of rotatable bonds is 3. The minimum absolute atomic E-state index is 0.166. The highest BCUT2D eigenvalue weighted by atomic mass is 19.1. The first-order valence-corrected chi connectivity index (χ1v) is 14.1. The zero-order chi connectivity index (χ0) is 27.9. The van der Waals surface area contributed by atoms with Crippen molar-refractivity contribution in [2.45, 2.75) is 46.0 Å². The molecule has 4 aromatic carbocycles. The van der Waals surface area contributed by atoms with Crippen LogP contribution in [0.4, 0.5) is 4.39 Å². The van der Waals surface area contributed by atoms with Gasteiger partial charge in [-0.3, -0.25) is 0 Å². The van der Waals surface area contributed by atoms with Gasteiger partial charge in [0.15, 0.2) is 6.20 Å². The molecule has 0 spiro atoms. The van der Waals surface area contributed by atoms with E-state index in [2.05, 4.69) is 113 Å². The van der Waals surface area contributed by atoms with Crippen LogP contribution >= 0.6 is 0 Å². The zero-order valence-corrected chi connectivity index (χ0v) is 23.9. The SMILES string of the molecule is Cc1ccc2c(oc3c(-c4ccc5c(c4)C(C)(C)c4ccccc4-5)c(F)ccc32)c1-c1cc(C(C)C)cc[n+]1C. The highest BCUT2D eigenvalue weighted by Gasteiger charge is 2.35. The van der Waals surface area contributed by atoms with E-state index < -0.39 is 0 Å². The maximum atomic E-state index is 15.8. The Bertz CT molecular complexity index is 1990. The van der Waals surface area contributed by atoms with Crippen LogP contribution in [0.1, 0.15) is 55.9 Å². The molecule has 40 heavy (non-hydrogen) atoms. The van der Waals surface area contributed by atoms with Crippen LogP contribution in [0.3, 0.4) is 0 Å². The summed E-state index contributed by atoms with van der Waals surface area (Å²) in [6.07, 6.45) is 2.11. The molecule has 2 nitrogen and oxygen atoms in total. The van der Waals surface area contributed by atoms with Crippen molar-refractivity contribution in [3.8, 4) is 33.5 Å². The van der Waals surface area contributed by atoms with E-state index >= 15 is 4.39 Å². The molecule has 0 unspecified atom stereocenters. The normalized spacial score (nSPS) is 13.8. The van der Waals surface area contributed by atoms with Crippen molar-refractivity contribution in [1.82, 2.24) is 0 Å². The number of hydrogen-bond acceptors (Lipinski definition) is 1. The molecular formula is C37H33FNO+. The van der Waals surface area contributed by atoms with Gasteiger partial charge in [0.05, 0.1) is 11.1 Å². The second-order valence-electron chi connectivity index (χ2n) is 12.1. The van der Waals surface area contributed by atoms with E-state index in [4.69, 9.17) is 4.42 Å². The van der Waals surface area contributed by atoms with Gasteiger partial charge in [0.25, 0.3) is 0 Å². The van der Waals surface area contributed by atoms with E-state index in [1.807, 2.05) is 12.1 Å². The van der Waals surface area contributed by atoms with Crippen LogP contribution in [0, 0.1) is 12.7 Å². The van der Waals surface area contributed by atoms with Crippen LogP contribution in [-0.4, -0.2) is 0 Å². The van der Waals surface area contributed by atoms with E-state index in [0.29, 0.717) is 17.1 Å². The van der Waals surface area contributed by atoms with E-state index in [-0.39, 0.29) is 11.2 Å². The number of pyridine rings is 1. The Morgan fingerprint density at radius 2 is 1.48 bits per heavy atom. The number of benzene rings is 4. The first kappa shape index (κ1) is 24.8. The quantitative estimate of drug-likeness (QED) is 0.210. The monoisotopic (exact) mass is 526 g/mol. The number of fused-ring (bicyclic) bond motifs is 6. The number of furan rings is 1. The minimum Gasteiger partial charge on any atom is -0.454 e. The van der Waals surface area contributed by atoms with E-state index in [1.165, 1.54) is 27.8 Å². The maximum absolute atomic E-state index is 15.8. The molecule has 0 aliphatic heterocycles. The second-order valence-corrected chi connectivity index (χ2v) is 12.1. The lowest BCUT2D eigenvalue weighted by atomic mass is 9.81. The first-order chi connectivity index (χ1) is 19.2. The molecule has 6 aromatic rings. The Morgan fingerprint density at radius 1 is 0.775 bits per heavy atom. The van der Waals surface area contributed by atoms with Crippen LogP contribution in [0.15, 0.2) is 89.5 Å².